The van der Waals surface area contributed by atoms with Crippen LogP contribution < -0.4 is 9.47 Å². The largest absolute Gasteiger partial charge is 0.478 e. The molecular weight excluding hydrogens is 585 g/mol. The van der Waals surface area contributed by atoms with E-state index in [0.717, 1.165) is 24.6 Å². The van der Waals surface area contributed by atoms with E-state index >= 15 is 8.78 Å². The SMILES string of the molecule is O=C(O)c1ccc2nc(Cc3cc(F)c(-c4cccc5c4OC(c4ccc(Cl)cc4F)O5)cc3F)n(C[C@@H]3CCO3)c2c1. The lowest BCUT2D eigenvalue weighted by Gasteiger charge is -2.27. The van der Waals surface area contributed by atoms with Gasteiger partial charge < -0.3 is 23.9 Å². The summed E-state index contributed by atoms with van der Waals surface area (Å²) < 4.78 is 64.9. The predicted molar refractivity (Wildman–Crippen MR) is 151 cm³/mol. The second-order valence-corrected chi connectivity index (χ2v) is 10.8. The third-order valence-electron chi connectivity index (χ3n) is 7.68. The number of nitrogens with zero attached hydrogens (tertiary/aromatic N) is 2. The number of rotatable bonds is 7. The fourth-order valence-electron chi connectivity index (χ4n) is 5.39. The smallest absolute Gasteiger partial charge is 0.335 e. The normalized spacial score (nSPS) is 17.3. The highest BCUT2D eigenvalue weighted by Crippen LogP contribution is 2.48. The number of fused-ring (bicyclic) bond motifs is 2. The molecule has 5 aromatic rings. The molecule has 4 aromatic carbocycles. The van der Waals surface area contributed by atoms with Gasteiger partial charge in [-0.3, -0.25) is 0 Å². The van der Waals surface area contributed by atoms with E-state index in [1.807, 2.05) is 4.57 Å². The van der Waals surface area contributed by atoms with Crippen LogP contribution >= 0.6 is 11.6 Å². The van der Waals surface area contributed by atoms with Crippen molar-refractivity contribution < 1.29 is 37.3 Å². The molecule has 0 radical (unpaired) electrons. The minimum atomic E-state index is -1.13. The van der Waals surface area contributed by atoms with Gasteiger partial charge in [0, 0.05) is 29.2 Å². The molecule has 1 unspecified atom stereocenters. The van der Waals surface area contributed by atoms with Crippen molar-refractivity contribution in [2.75, 3.05) is 6.61 Å². The molecule has 0 bridgehead atoms. The molecule has 11 heteroatoms. The van der Waals surface area contributed by atoms with Gasteiger partial charge in [-0.05, 0) is 66.6 Å². The van der Waals surface area contributed by atoms with E-state index in [1.165, 1.54) is 24.3 Å². The summed E-state index contributed by atoms with van der Waals surface area (Å²) >= 11 is 5.86. The maximum absolute atomic E-state index is 15.7. The molecule has 3 heterocycles. The highest BCUT2D eigenvalue weighted by atomic mass is 35.5. The van der Waals surface area contributed by atoms with E-state index in [0.29, 0.717) is 30.0 Å². The zero-order chi connectivity index (χ0) is 29.8. The third kappa shape index (κ3) is 4.96. The Kier molecular flexibility index (Phi) is 6.75. The number of hydrogen-bond donors (Lipinski definition) is 1. The Hall–Kier alpha value is -4.54. The Balaban J connectivity index is 1.22. The number of carboxylic acid groups (broad SMARTS) is 1. The van der Waals surface area contributed by atoms with Gasteiger partial charge in [0.25, 0.3) is 6.29 Å². The van der Waals surface area contributed by atoms with Crippen LogP contribution in [0.5, 0.6) is 11.5 Å². The molecule has 0 aliphatic carbocycles. The van der Waals surface area contributed by atoms with Crippen molar-refractivity contribution in [2.24, 2.45) is 0 Å². The lowest BCUT2D eigenvalue weighted by Crippen LogP contribution is -2.31. The maximum atomic E-state index is 15.7. The summed E-state index contributed by atoms with van der Waals surface area (Å²) in [6.07, 6.45) is -0.429. The molecule has 1 fully saturated rings. The number of benzene rings is 4. The number of aromatic nitrogens is 2. The third-order valence-corrected chi connectivity index (χ3v) is 7.92. The van der Waals surface area contributed by atoms with Gasteiger partial charge in [0.2, 0.25) is 0 Å². The van der Waals surface area contributed by atoms with Gasteiger partial charge in [0.1, 0.15) is 23.3 Å². The van der Waals surface area contributed by atoms with Crippen LogP contribution in [-0.2, 0) is 17.7 Å². The summed E-state index contributed by atoms with van der Waals surface area (Å²) in [5, 5.41) is 9.69. The van der Waals surface area contributed by atoms with Gasteiger partial charge in [-0.1, -0.05) is 23.7 Å². The van der Waals surface area contributed by atoms with Gasteiger partial charge in [0.15, 0.2) is 11.5 Å². The molecule has 0 amide bonds. The molecule has 1 saturated heterocycles. The number of imidazole rings is 1. The van der Waals surface area contributed by atoms with E-state index in [9.17, 15) is 14.3 Å². The van der Waals surface area contributed by atoms with Crippen molar-refractivity contribution in [1.29, 1.82) is 0 Å². The second kappa shape index (κ2) is 10.6. The van der Waals surface area contributed by atoms with Crippen molar-refractivity contribution in [3.63, 3.8) is 0 Å². The number of hydrogen-bond acceptors (Lipinski definition) is 5. The minimum Gasteiger partial charge on any atom is -0.478 e. The zero-order valence-corrected chi connectivity index (χ0v) is 23.1. The highest BCUT2D eigenvalue weighted by Gasteiger charge is 2.32. The van der Waals surface area contributed by atoms with Crippen molar-refractivity contribution in [3.8, 4) is 22.6 Å². The van der Waals surface area contributed by atoms with Crippen LogP contribution in [0.4, 0.5) is 13.2 Å². The maximum Gasteiger partial charge on any atom is 0.335 e. The Morgan fingerprint density at radius 3 is 2.56 bits per heavy atom. The van der Waals surface area contributed by atoms with Crippen LogP contribution in [0.1, 0.15) is 40.0 Å². The quantitative estimate of drug-likeness (QED) is 0.209. The lowest BCUT2D eigenvalue weighted by atomic mass is 10.00. The molecule has 2 atom stereocenters. The number of ether oxygens (including phenoxy) is 3. The van der Waals surface area contributed by atoms with Crippen molar-refractivity contribution in [1.82, 2.24) is 9.55 Å². The van der Waals surface area contributed by atoms with Gasteiger partial charge >= 0.3 is 5.97 Å². The Labute approximate surface area is 248 Å². The molecule has 1 N–H and O–H groups in total. The monoisotopic (exact) mass is 606 g/mol. The second-order valence-electron chi connectivity index (χ2n) is 10.4. The van der Waals surface area contributed by atoms with Crippen LogP contribution in [-0.4, -0.2) is 33.3 Å². The van der Waals surface area contributed by atoms with Gasteiger partial charge in [0.05, 0.1) is 34.8 Å². The molecule has 7 nitrogen and oxygen atoms in total. The Morgan fingerprint density at radius 2 is 1.81 bits per heavy atom. The van der Waals surface area contributed by atoms with Crippen LogP contribution in [0, 0.1) is 17.5 Å². The summed E-state index contributed by atoms with van der Waals surface area (Å²) in [6, 6.07) is 15.6. The van der Waals surface area contributed by atoms with E-state index in [4.69, 9.17) is 25.8 Å². The summed E-state index contributed by atoms with van der Waals surface area (Å²) in [5.74, 6) is -2.21. The van der Waals surface area contributed by atoms with Gasteiger partial charge in [-0.2, -0.15) is 0 Å². The number of halogens is 4. The standard InChI is InChI=1S/C32H22ClF3N2O5/c33-18-5-6-21(25(36)13-18)32-42-28-3-1-2-20(30(28)43-32)22-14-23(34)17(10-24(22)35)12-29-37-26-7-4-16(31(39)40)11-27(26)38(29)15-19-8-9-41-19/h1-7,10-11,13-14,19,32H,8-9,12,15H2,(H,39,40)/t19-,32?/m0/s1. The van der Waals surface area contributed by atoms with Gasteiger partial charge in [-0.25, -0.2) is 22.9 Å². The number of carbonyl (C=O) groups is 1. The fraction of sp³-hybridized carbons (Fsp3) is 0.188. The average molecular weight is 607 g/mol. The highest BCUT2D eigenvalue weighted by molar-refractivity contribution is 6.30. The zero-order valence-electron chi connectivity index (χ0n) is 22.3. The van der Waals surface area contributed by atoms with Crippen molar-refractivity contribution >= 4 is 28.6 Å². The van der Waals surface area contributed by atoms with E-state index in [2.05, 4.69) is 4.98 Å². The van der Waals surface area contributed by atoms with Crippen LogP contribution in [0.2, 0.25) is 5.02 Å². The lowest BCUT2D eigenvalue weighted by molar-refractivity contribution is -0.0589. The average Bonchev–Trinajstić information content (AvgIpc) is 3.53. The molecule has 0 saturated carbocycles. The van der Waals surface area contributed by atoms with Gasteiger partial charge in [-0.15, -0.1) is 0 Å². The first-order valence-electron chi connectivity index (χ1n) is 13.5. The molecule has 218 valence electrons. The number of carboxylic acids is 1. The van der Waals surface area contributed by atoms with Crippen LogP contribution in [0.15, 0.2) is 66.7 Å². The summed E-state index contributed by atoms with van der Waals surface area (Å²) in [6.45, 7) is 1.03. The first kappa shape index (κ1) is 27.3. The summed E-state index contributed by atoms with van der Waals surface area (Å²) in [5.41, 5.74) is 1.58. The molecule has 0 spiro atoms. The van der Waals surface area contributed by atoms with Crippen LogP contribution in [0.25, 0.3) is 22.2 Å². The topological polar surface area (TPSA) is 82.8 Å². The number of aromatic carboxylic acids is 1. The molecule has 7 rings (SSSR count). The van der Waals surface area contributed by atoms with Crippen molar-refractivity contribution in [3.05, 3.63) is 112 Å². The fourth-order valence-corrected chi connectivity index (χ4v) is 5.54. The van der Waals surface area contributed by atoms with Crippen LogP contribution in [0.3, 0.4) is 0 Å². The first-order valence-corrected chi connectivity index (χ1v) is 13.9. The first-order chi connectivity index (χ1) is 20.7. The predicted octanol–water partition coefficient (Wildman–Crippen LogP) is 7.32. The molecule has 2 aliphatic rings. The van der Waals surface area contributed by atoms with E-state index < -0.39 is 29.7 Å². The molecule has 2 aliphatic heterocycles. The van der Waals surface area contributed by atoms with E-state index in [1.54, 1.807) is 24.3 Å². The summed E-state index contributed by atoms with van der Waals surface area (Å²) in [7, 11) is 0. The Morgan fingerprint density at radius 1 is 0.977 bits per heavy atom. The van der Waals surface area contributed by atoms with E-state index in [-0.39, 0.29) is 56.9 Å². The molecular formula is C32H22ClF3N2O5. The number of para-hydroxylation sites is 1. The minimum absolute atomic E-state index is 0.0444. The Bertz CT molecular complexity index is 1920. The summed E-state index contributed by atoms with van der Waals surface area (Å²) in [4.78, 5) is 16.2. The molecule has 43 heavy (non-hydrogen) atoms. The molecule has 1 aromatic heterocycles. The van der Waals surface area contributed by atoms with Crippen molar-refractivity contribution in [2.45, 2.75) is 31.8 Å².